The molecule has 0 amide bonds. The molecule has 1 aliphatic heterocycles. The summed E-state index contributed by atoms with van der Waals surface area (Å²) < 4.78 is 15.7. The van der Waals surface area contributed by atoms with Crippen molar-refractivity contribution in [1.29, 1.82) is 0 Å². The molecular weight excluding hydrogens is 379 g/mol. The number of piperazine rings is 1. The molecule has 0 bridgehead atoms. The zero-order valence-corrected chi connectivity index (χ0v) is 17.8. The third kappa shape index (κ3) is 4.14. The summed E-state index contributed by atoms with van der Waals surface area (Å²) in [5, 5.41) is 13.0. The van der Waals surface area contributed by atoms with Gasteiger partial charge in [0.15, 0.2) is 5.82 Å². The van der Waals surface area contributed by atoms with Crippen molar-refractivity contribution in [2.75, 3.05) is 26.2 Å². The SMILES string of the molecule is Fc1ccc(C(c2nnnn2C2CCCC2)N2CCN(C3CCCCC3)CC2)cc1. The molecular formula is C23H33FN6. The average Bonchev–Trinajstić information content (AvgIpc) is 3.48. The molecule has 2 heterocycles. The summed E-state index contributed by atoms with van der Waals surface area (Å²) in [6.45, 7) is 4.17. The first-order valence-electron chi connectivity index (χ1n) is 11.8. The summed E-state index contributed by atoms with van der Waals surface area (Å²) in [5.41, 5.74) is 1.08. The van der Waals surface area contributed by atoms with Crippen LogP contribution in [0.5, 0.6) is 0 Å². The van der Waals surface area contributed by atoms with Gasteiger partial charge in [-0.25, -0.2) is 9.07 Å². The maximum atomic E-state index is 13.7. The van der Waals surface area contributed by atoms with Crippen molar-refractivity contribution in [1.82, 2.24) is 30.0 Å². The topological polar surface area (TPSA) is 50.1 Å². The van der Waals surface area contributed by atoms with E-state index in [2.05, 4.69) is 30.0 Å². The standard InChI is InChI=1S/C23H33FN6/c24-19-12-10-18(11-13-19)22(23-25-26-27-30(23)21-8-4-5-9-21)29-16-14-28(15-17-29)20-6-2-1-3-7-20/h10-13,20-22H,1-9,14-17H2. The lowest BCUT2D eigenvalue weighted by atomic mass is 9.93. The highest BCUT2D eigenvalue weighted by atomic mass is 19.1. The van der Waals surface area contributed by atoms with Gasteiger partial charge in [-0.05, 0) is 53.8 Å². The van der Waals surface area contributed by atoms with Crippen LogP contribution in [0.25, 0.3) is 0 Å². The van der Waals surface area contributed by atoms with Crippen molar-refractivity contribution in [3.05, 3.63) is 41.5 Å². The second-order valence-corrected chi connectivity index (χ2v) is 9.24. The van der Waals surface area contributed by atoms with Gasteiger partial charge >= 0.3 is 0 Å². The molecule has 2 aromatic rings. The van der Waals surface area contributed by atoms with Crippen LogP contribution in [0.15, 0.2) is 24.3 Å². The lowest BCUT2D eigenvalue weighted by Crippen LogP contribution is -2.52. The van der Waals surface area contributed by atoms with Crippen molar-refractivity contribution < 1.29 is 4.39 Å². The number of rotatable bonds is 5. The molecule has 0 N–H and O–H groups in total. The van der Waals surface area contributed by atoms with Crippen molar-refractivity contribution in [3.63, 3.8) is 0 Å². The Labute approximate surface area is 178 Å². The van der Waals surface area contributed by atoms with Crippen LogP contribution in [-0.4, -0.2) is 62.2 Å². The number of hydrogen-bond acceptors (Lipinski definition) is 5. The van der Waals surface area contributed by atoms with E-state index in [4.69, 9.17) is 0 Å². The Hall–Kier alpha value is -1.86. The van der Waals surface area contributed by atoms with E-state index in [1.165, 1.54) is 44.9 Å². The minimum absolute atomic E-state index is 0.0188. The zero-order chi connectivity index (χ0) is 20.3. The largest absolute Gasteiger partial charge is 0.298 e. The van der Waals surface area contributed by atoms with E-state index in [0.717, 1.165) is 56.5 Å². The van der Waals surface area contributed by atoms with Crippen molar-refractivity contribution in [2.45, 2.75) is 75.9 Å². The Bertz CT molecular complexity index is 801. The lowest BCUT2D eigenvalue weighted by molar-refractivity contribution is 0.0615. The van der Waals surface area contributed by atoms with Crippen molar-refractivity contribution in [3.8, 4) is 0 Å². The number of halogens is 1. The van der Waals surface area contributed by atoms with Gasteiger partial charge in [0.1, 0.15) is 5.82 Å². The first-order valence-corrected chi connectivity index (χ1v) is 11.8. The van der Waals surface area contributed by atoms with E-state index in [-0.39, 0.29) is 11.9 Å². The Morgan fingerprint density at radius 3 is 2.13 bits per heavy atom. The van der Waals surface area contributed by atoms with Gasteiger partial charge in [0.2, 0.25) is 0 Å². The molecule has 162 valence electrons. The van der Waals surface area contributed by atoms with Crippen molar-refractivity contribution >= 4 is 0 Å². The zero-order valence-electron chi connectivity index (χ0n) is 17.8. The summed E-state index contributed by atoms with van der Waals surface area (Å²) in [6.07, 6.45) is 11.6. The molecule has 0 radical (unpaired) electrons. The van der Waals surface area contributed by atoms with Gasteiger partial charge in [0, 0.05) is 32.2 Å². The van der Waals surface area contributed by atoms with Gasteiger partial charge in [-0.2, -0.15) is 0 Å². The number of benzene rings is 1. The van der Waals surface area contributed by atoms with E-state index >= 15 is 0 Å². The Balaban J connectivity index is 1.39. The predicted molar refractivity (Wildman–Crippen MR) is 114 cm³/mol. The fraction of sp³-hybridized carbons (Fsp3) is 0.696. The predicted octanol–water partition coefficient (Wildman–Crippen LogP) is 3.97. The monoisotopic (exact) mass is 412 g/mol. The van der Waals surface area contributed by atoms with Gasteiger partial charge in [-0.3, -0.25) is 9.80 Å². The summed E-state index contributed by atoms with van der Waals surface area (Å²) in [6, 6.07) is 8.06. The molecule has 3 fully saturated rings. The van der Waals surface area contributed by atoms with Gasteiger partial charge in [0.25, 0.3) is 0 Å². The Morgan fingerprint density at radius 2 is 1.43 bits per heavy atom. The normalized spacial score (nSPS) is 23.8. The molecule has 5 rings (SSSR count). The maximum absolute atomic E-state index is 13.7. The quantitative estimate of drug-likeness (QED) is 0.744. The smallest absolute Gasteiger partial charge is 0.173 e. The molecule has 6 nitrogen and oxygen atoms in total. The first-order chi connectivity index (χ1) is 14.8. The van der Waals surface area contributed by atoms with Crippen LogP contribution in [0.4, 0.5) is 4.39 Å². The van der Waals surface area contributed by atoms with Crippen LogP contribution in [0.2, 0.25) is 0 Å². The number of tetrazole rings is 1. The summed E-state index contributed by atoms with van der Waals surface area (Å²) in [5.74, 6) is 0.717. The Kier molecular flexibility index (Phi) is 6.09. The fourth-order valence-corrected chi connectivity index (χ4v) is 5.76. The average molecular weight is 413 g/mol. The third-order valence-corrected chi connectivity index (χ3v) is 7.42. The van der Waals surface area contributed by atoms with Crippen LogP contribution in [0, 0.1) is 5.82 Å². The van der Waals surface area contributed by atoms with Gasteiger partial charge in [-0.1, -0.05) is 44.2 Å². The molecule has 2 aliphatic carbocycles. The van der Waals surface area contributed by atoms with Crippen LogP contribution in [0.1, 0.15) is 81.3 Å². The third-order valence-electron chi connectivity index (χ3n) is 7.42. The molecule has 1 aromatic heterocycles. The van der Waals surface area contributed by atoms with Gasteiger partial charge in [0.05, 0.1) is 12.1 Å². The molecule has 1 unspecified atom stereocenters. The van der Waals surface area contributed by atoms with E-state index in [1.807, 2.05) is 12.1 Å². The molecule has 2 saturated carbocycles. The molecule has 1 aromatic carbocycles. The van der Waals surface area contributed by atoms with E-state index in [0.29, 0.717) is 6.04 Å². The number of nitrogens with zero attached hydrogens (tertiary/aromatic N) is 6. The number of hydrogen-bond donors (Lipinski definition) is 0. The molecule has 1 atom stereocenters. The minimum Gasteiger partial charge on any atom is -0.298 e. The molecule has 7 heteroatoms. The summed E-state index contributed by atoms with van der Waals surface area (Å²) >= 11 is 0. The second-order valence-electron chi connectivity index (χ2n) is 9.24. The molecule has 1 saturated heterocycles. The highest BCUT2D eigenvalue weighted by Gasteiger charge is 2.34. The van der Waals surface area contributed by atoms with E-state index in [9.17, 15) is 4.39 Å². The fourth-order valence-electron chi connectivity index (χ4n) is 5.76. The summed E-state index contributed by atoms with van der Waals surface area (Å²) in [7, 11) is 0. The van der Waals surface area contributed by atoms with Crippen LogP contribution >= 0.6 is 0 Å². The van der Waals surface area contributed by atoms with Gasteiger partial charge in [-0.15, -0.1) is 5.10 Å². The summed E-state index contributed by atoms with van der Waals surface area (Å²) in [4.78, 5) is 5.20. The minimum atomic E-state index is -0.199. The molecule has 30 heavy (non-hydrogen) atoms. The van der Waals surface area contributed by atoms with E-state index in [1.54, 1.807) is 12.1 Å². The maximum Gasteiger partial charge on any atom is 0.173 e. The number of aromatic nitrogens is 4. The van der Waals surface area contributed by atoms with Gasteiger partial charge < -0.3 is 0 Å². The Morgan fingerprint density at radius 1 is 0.800 bits per heavy atom. The van der Waals surface area contributed by atoms with Crippen LogP contribution < -0.4 is 0 Å². The van der Waals surface area contributed by atoms with Crippen LogP contribution in [0.3, 0.4) is 0 Å². The first kappa shape index (κ1) is 20.1. The van der Waals surface area contributed by atoms with E-state index < -0.39 is 0 Å². The molecule has 0 spiro atoms. The van der Waals surface area contributed by atoms with Crippen molar-refractivity contribution in [2.24, 2.45) is 0 Å². The highest BCUT2D eigenvalue weighted by Crippen LogP contribution is 2.35. The lowest BCUT2D eigenvalue weighted by Gasteiger charge is -2.43. The second kappa shape index (κ2) is 9.10. The molecule has 3 aliphatic rings. The highest BCUT2D eigenvalue weighted by molar-refractivity contribution is 5.26. The van der Waals surface area contributed by atoms with Crippen LogP contribution in [-0.2, 0) is 0 Å².